The fourth-order valence-electron chi connectivity index (χ4n) is 6.33. The Labute approximate surface area is 245 Å². The highest BCUT2D eigenvalue weighted by molar-refractivity contribution is 6.27. The molecule has 42 heavy (non-hydrogen) atoms. The molecule has 7 aromatic carbocycles. The standard InChI is InChI=1S/C41H27N/c1-3-11-28(12-4-1)30-19-23-32(24-20-30)39-34-15-7-8-16-35(34)40(41-36-17-9-10-18-38(36)42-27-37(39)41)33-25-21-31(22-26-33)29-13-5-2-6-14-29/h1-27H. The van der Waals surface area contributed by atoms with Crippen molar-refractivity contribution in [2.75, 3.05) is 0 Å². The summed E-state index contributed by atoms with van der Waals surface area (Å²) in [5.41, 5.74) is 10.8. The average Bonchev–Trinajstić information content (AvgIpc) is 3.08. The Morgan fingerprint density at radius 3 is 1.26 bits per heavy atom. The number of benzene rings is 7. The number of fused-ring (bicyclic) bond motifs is 4. The van der Waals surface area contributed by atoms with E-state index in [9.17, 15) is 0 Å². The van der Waals surface area contributed by atoms with Crippen LogP contribution in [0.5, 0.6) is 0 Å². The molecule has 8 aromatic rings. The number of aromatic nitrogens is 1. The summed E-state index contributed by atoms with van der Waals surface area (Å²) in [6.07, 6.45) is 2.08. The quantitative estimate of drug-likeness (QED) is 0.162. The minimum Gasteiger partial charge on any atom is -0.256 e. The van der Waals surface area contributed by atoms with E-state index in [0.717, 1.165) is 5.52 Å². The van der Waals surface area contributed by atoms with Crippen LogP contribution in [0.4, 0.5) is 0 Å². The van der Waals surface area contributed by atoms with Crippen molar-refractivity contribution >= 4 is 32.4 Å². The van der Waals surface area contributed by atoms with E-state index in [0.29, 0.717) is 0 Å². The highest BCUT2D eigenvalue weighted by atomic mass is 14.6. The summed E-state index contributed by atoms with van der Waals surface area (Å²) in [4.78, 5) is 4.96. The van der Waals surface area contributed by atoms with Crippen LogP contribution in [0.15, 0.2) is 164 Å². The molecule has 0 amide bonds. The van der Waals surface area contributed by atoms with Crippen molar-refractivity contribution in [3.8, 4) is 44.5 Å². The van der Waals surface area contributed by atoms with E-state index < -0.39 is 0 Å². The molecule has 0 bridgehead atoms. The van der Waals surface area contributed by atoms with Crippen molar-refractivity contribution in [3.63, 3.8) is 0 Å². The van der Waals surface area contributed by atoms with Crippen molar-refractivity contribution in [3.05, 3.63) is 164 Å². The van der Waals surface area contributed by atoms with E-state index >= 15 is 0 Å². The molecule has 0 aliphatic heterocycles. The topological polar surface area (TPSA) is 12.9 Å². The molecule has 0 aliphatic carbocycles. The fraction of sp³-hybridized carbons (Fsp3) is 0. The van der Waals surface area contributed by atoms with Gasteiger partial charge in [0.25, 0.3) is 0 Å². The lowest BCUT2D eigenvalue weighted by molar-refractivity contribution is 1.45. The molecule has 1 nitrogen and oxygen atoms in total. The van der Waals surface area contributed by atoms with Crippen LogP contribution in [0.3, 0.4) is 0 Å². The van der Waals surface area contributed by atoms with Gasteiger partial charge in [-0.3, -0.25) is 4.98 Å². The van der Waals surface area contributed by atoms with Gasteiger partial charge in [-0.05, 0) is 61.3 Å². The lowest BCUT2D eigenvalue weighted by atomic mass is 9.84. The zero-order chi connectivity index (χ0) is 27.9. The number of hydrogen-bond acceptors (Lipinski definition) is 1. The molecule has 0 N–H and O–H groups in total. The maximum Gasteiger partial charge on any atom is 0.0708 e. The summed E-state index contributed by atoms with van der Waals surface area (Å²) < 4.78 is 0. The molecule has 0 saturated carbocycles. The third kappa shape index (κ3) is 4.06. The Hall–Kier alpha value is -5.53. The van der Waals surface area contributed by atoms with Gasteiger partial charge in [0.2, 0.25) is 0 Å². The van der Waals surface area contributed by atoms with Gasteiger partial charge >= 0.3 is 0 Å². The molecule has 0 radical (unpaired) electrons. The molecule has 0 saturated heterocycles. The first-order chi connectivity index (χ1) is 20.8. The fourth-order valence-corrected chi connectivity index (χ4v) is 6.33. The van der Waals surface area contributed by atoms with Gasteiger partial charge in [0.05, 0.1) is 5.52 Å². The first-order valence-electron chi connectivity index (χ1n) is 14.4. The number of hydrogen-bond donors (Lipinski definition) is 0. The predicted octanol–water partition coefficient (Wildman–Crippen LogP) is 11.2. The molecule has 1 heteroatoms. The molecule has 0 spiro atoms. The zero-order valence-corrected chi connectivity index (χ0v) is 23.0. The molecule has 0 aliphatic rings. The first kappa shape index (κ1) is 24.3. The lowest BCUT2D eigenvalue weighted by Crippen LogP contribution is -1.93. The molecule has 8 rings (SSSR count). The predicted molar refractivity (Wildman–Crippen MR) is 178 cm³/mol. The highest BCUT2D eigenvalue weighted by Crippen LogP contribution is 2.46. The number of rotatable bonds is 4. The Morgan fingerprint density at radius 2 is 0.690 bits per heavy atom. The van der Waals surface area contributed by atoms with E-state index in [1.165, 1.54) is 71.4 Å². The van der Waals surface area contributed by atoms with E-state index in [4.69, 9.17) is 4.98 Å². The first-order valence-corrected chi connectivity index (χ1v) is 14.4. The van der Waals surface area contributed by atoms with Gasteiger partial charge in [-0.2, -0.15) is 0 Å². The van der Waals surface area contributed by atoms with E-state index in [1.54, 1.807) is 0 Å². The lowest BCUT2D eigenvalue weighted by Gasteiger charge is -2.19. The Kier molecular flexibility index (Phi) is 5.86. The largest absolute Gasteiger partial charge is 0.256 e. The monoisotopic (exact) mass is 533 g/mol. The van der Waals surface area contributed by atoms with Crippen molar-refractivity contribution < 1.29 is 0 Å². The summed E-state index contributed by atoms with van der Waals surface area (Å²) >= 11 is 0. The summed E-state index contributed by atoms with van der Waals surface area (Å²) in [7, 11) is 0. The number of pyridine rings is 1. The van der Waals surface area contributed by atoms with Crippen LogP contribution in [-0.2, 0) is 0 Å². The maximum absolute atomic E-state index is 4.96. The van der Waals surface area contributed by atoms with E-state index in [2.05, 4.69) is 164 Å². The normalized spacial score (nSPS) is 11.3. The molecule has 196 valence electrons. The second-order valence-electron chi connectivity index (χ2n) is 10.7. The van der Waals surface area contributed by atoms with E-state index in [-0.39, 0.29) is 0 Å². The van der Waals surface area contributed by atoms with Gasteiger partial charge in [-0.25, -0.2) is 0 Å². The third-order valence-corrected chi connectivity index (χ3v) is 8.32. The van der Waals surface area contributed by atoms with Gasteiger partial charge in [0, 0.05) is 22.4 Å². The Balaban J connectivity index is 1.41. The second-order valence-corrected chi connectivity index (χ2v) is 10.7. The number of nitrogens with zero attached hydrogens (tertiary/aromatic N) is 1. The van der Waals surface area contributed by atoms with Gasteiger partial charge in [0.1, 0.15) is 0 Å². The maximum atomic E-state index is 4.96. The van der Waals surface area contributed by atoms with Crippen molar-refractivity contribution in [2.45, 2.75) is 0 Å². The van der Waals surface area contributed by atoms with Crippen molar-refractivity contribution in [1.29, 1.82) is 0 Å². The SMILES string of the molecule is c1ccc(-c2ccc(-c3c4ccccc4c(-c4ccc(-c5ccccc5)cc4)c4c3cnc3ccccc34)cc2)cc1. The average molecular weight is 534 g/mol. The van der Waals surface area contributed by atoms with Crippen LogP contribution in [-0.4, -0.2) is 4.98 Å². The second kappa shape index (κ2) is 10.1. The van der Waals surface area contributed by atoms with Gasteiger partial charge in [-0.15, -0.1) is 0 Å². The van der Waals surface area contributed by atoms with Crippen LogP contribution in [0.25, 0.3) is 77.0 Å². The molecule has 1 aromatic heterocycles. The highest BCUT2D eigenvalue weighted by Gasteiger charge is 2.19. The minimum absolute atomic E-state index is 1.01. The van der Waals surface area contributed by atoms with Crippen molar-refractivity contribution in [2.24, 2.45) is 0 Å². The van der Waals surface area contributed by atoms with E-state index in [1.807, 2.05) is 0 Å². The van der Waals surface area contributed by atoms with Crippen molar-refractivity contribution in [1.82, 2.24) is 4.98 Å². The van der Waals surface area contributed by atoms with Crippen LogP contribution in [0.1, 0.15) is 0 Å². The smallest absolute Gasteiger partial charge is 0.0708 e. The van der Waals surface area contributed by atoms with Gasteiger partial charge in [0.15, 0.2) is 0 Å². The molecular weight excluding hydrogens is 506 g/mol. The van der Waals surface area contributed by atoms with Gasteiger partial charge in [-0.1, -0.05) is 152 Å². The van der Waals surface area contributed by atoms with Crippen LogP contribution in [0, 0.1) is 0 Å². The molecule has 0 unspecified atom stereocenters. The summed E-state index contributed by atoms with van der Waals surface area (Å²) in [6.45, 7) is 0. The molecule has 0 atom stereocenters. The zero-order valence-electron chi connectivity index (χ0n) is 23.0. The van der Waals surface area contributed by atoms with Crippen LogP contribution in [0.2, 0.25) is 0 Å². The van der Waals surface area contributed by atoms with Crippen LogP contribution >= 0.6 is 0 Å². The molecular formula is C41H27N. The third-order valence-electron chi connectivity index (χ3n) is 8.32. The summed E-state index contributed by atoms with van der Waals surface area (Å²) in [5, 5.41) is 6.06. The number of para-hydroxylation sites is 1. The Bertz CT molecular complexity index is 2200. The summed E-state index contributed by atoms with van der Waals surface area (Å²) in [5.74, 6) is 0. The minimum atomic E-state index is 1.01. The summed E-state index contributed by atoms with van der Waals surface area (Å²) in [6, 6.07) is 56.5. The molecule has 0 fully saturated rings. The van der Waals surface area contributed by atoms with Gasteiger partial charge < -0.3 is 0 Å². The van der Waals surface area contributed by atoms with Crippen LogP contribution < -0.4 is 0 Å². The Morgan fingerprint density at radius 1 is 0.286 bits per heavy atom. The molecule has 1 heterocycles.